The first-order valence-electron chi connectivity index (χ1n) is 8.97. The smallest absolute Gasteiger partial charge is 0.266 e. The van der Waals surface area contributed by atoms with E-state index < -0.39 is 11.8 Å². The van der Waals surface area contributed by atoms with E-state index in [1.807, 2.05) is 14.1 Å². The number of phenols is 1. The highest BCUT2D eigenvalue weighted by Gasteiger charge is 2.34. The van der Waals surface area contributed by atoms with E-state index in [-0.39, 0.29) is 11.3 Å². The van der Waals surface area contributed by atoms with Gasteiger partial charge in [-0.15, -0.1) is 0 Å². The number of rotatable bonds is 4. The summed E-state index contributed by atoms with van der Waals surface area (Å²) in [7, 11) is 5.26. The van der Waals surface area contributed by atoms with Crippen molar-refractivity contribution in [2.75, 3.05) is 35.8 Å². The maximum absolute atomic E-state index is 13.2. The van der Waals surface area contributed by atoms with Gasteiger partial charge in [-0.2, -0.15) is 0 Å². The van der Waals surface area contributed by atoms with Gasteiger partial charge in [0, 0.05) is 32.1 Å². The van der Waals surface area contributed by atoms with E-state index in [9.17, 15) is 19.5 Å². The molecule has 1 aliphatic heterocycles. The summed E-state index contributed by atoms with van der Waals surface area (Å²) in [6, 6.07) is 13.1. The van der Waals surface area contributed by atoms with Crippen LogP contribution in [0.2, 0.25) is 0 Å². The number of hydrogen-bond acceptors (Lipinski definition) is 5. The van der Waals surface area contributed by atoms with Crippen molar-refractivity contribution in [3.8, 4) is 5.75 Å². The Morgan fingerprint density at radius 1 is 0.897 bits per heavy atom. The summed E-state index contributed by atoms with van der Waals surface area (Å²) in [6.45, 7) is 0. The van der Waals surface area contributed by atoms with Crippen LogP contribution in [0.3, 0.4) is 0 Å². The first kappa shape index (κ1) is 18.5. The minimum Gasteiger partial charge on any atom is -0.508 e. The van der Waals surface area contributed by atoms with Crippen molar-refractivity contribution in [3.63, 3.8) is 0 Å². The van der Waals surface area contributed by atoms with Crippen molar-refractivity contribution in [1.82, 2.24) is 0 Å². The molecule has 3 aromatic rings. The number of carbonyl (C=O) groups is 3. The third-order valence-corrected chi connectivity index (χ3v) is 5.07. The molecule has 3 amide bonds. The third kappa shape index (κ3) is 2.79. The average molecular weight is 389 g/mol. The lowest BCUT2D eigenvalue weighted by atomic mass is 9.93. The van der Waals surface area contributed by atoms with Crippen LogP contribution in [-0.4, -0.2) is 44.5 Å². The van der Waals surface area contributed by atoms with Gasteiger partial charge in [0.15, 0.2) is 0 Å². The number of carbonyl (C=O) groups excluding carboxylic acids is 3. The highest BCUT2D eigenvalue weighted by molar-refractivity contribution is 6.36. The lowest BCUT2D eigenvalue weighted by molar-refractivity contribution is -0.107. The van der Waals surface area contributed by atoms with Gasteiger partial charge in [-0.05, 0) is 41.8 Å². The summed E-state index contributed by atoms with van der Waals surface area (Å²) in [5.74, 6) is -0.972. The molecule has 1 N–H and O–H groups in total. The molecule has 0 saturated heterocycles. The molecule has 0 spiro atoms. The van der Waals surface area contributed by atoms with E-state index in [1.54, 1.807) is 48.3 Å². The maximum Gasteiger partial charge on any atom is 0.266 e. The number of phenolic OH excluding ortho intramolecular Hbond substituents is 1. The normalized spacial score (nSPS) is 13.0. The van der Waals surface area contributed by atoms with E-state index in [2.05, 4.69) is 0 Å². The Labute approximate surface area is 167 Å². The van der Waals surface area contributed by atoms with Gasteiger partial charge in [-0.25, -0.2) is 4.90 Å². The van der Waals surface area contributed by atoms with Crippen LogP contribution in [0.25, 0.3) is 10.8 Å². The fourth-order valence-electron chi connectivity index (χ4n) is 3.69. The molecule has 0 bridgehead atoms. The molecule has 7 heteroatoms. The van der Waals surface area contributed by atoms with E-state index in [0.29, 0.717) is 39.8 Å². The van der Waals surface area contributed by atoms with Crippen molar-refractivity contribution >= 4 is 46.1 Å². The zero-order valence-electron chi connectivity index (χ0n) is 16.2. The summed E-state index contributed by atoms with van der Waals surface area (Å²) in [4.78, 5) is 42.0. The third-order valence-electron chi connectivity index (χ3n) is 5.07. The standard InChI is InChI=1S/C22H19N3O4/c1-23(2)19-10-14(7-8-18(19)24(3)12-26)25-21(28)16-6-4-5-13-9-15(27)11-17(20(13)16)22(25)29/h4-12,27H,1-3H3. The van der Waals surface area contributed by atoms with Gasteiger partial charge in [0.05, 0.1) is 22.6 Å². The number of nitrogens with zero attached hydrogens (tertiary/aromatic N) is 3. The predicted octanol–water partition coefficient (Wildman–Crippen LogP) is 3.00. The number of hydrogen-bond donors (Lipinski definition) is 1. The van der Waals surface area contributed by atoms with Crippen molar-refractivity contribution in [3.05, 3.63) is 59.7 Å². The van der Waals surface area contributed by atoms with Crippen LogP contribution in [0.15, 0.2) is 48.5 Å². The van der Waals surface area contributed by atoms with Crippen LogP contribution in [0.4, 0.5) is 17.1 Å². The molecular formula is C22H19N3O4. The monoisotopic (exact) mass is 389 g/mol. The zero-order valence-corrected chi connectivity index (χ0v) is 16.2. The Morgan fingerprint density at radius 3 is 2.31 bits per heavy atom. The Kier molecular flexibility index (Phi) is 4.23. The second-order valence-corrected chi connectivity index (χ2v) is 7.13. The molecule has 0 radical (unpaired) electrons. The molecule has 7 nitrogen and oxygen atoms in total. The molecule has 1 heterocycles. The second-order valence-electron chi connectivity index (χ2n) is 7.13. The van der Waals surface area contributed by atoms with Gasteiger partial charge in [0.25, 0.3) is 11.8 Å². The van der Waals surface area contributed by atoms with Gasteiger partial charge in [0.2, 0.25) is 6.41 Å². The molecule has 4 rings (SSSR count). The largest absolute Gasteiger partial charge is 0.508 e. The van der Waals surface area contributed by atoms with Crippen LogP contribution in [0.5, 0.6) is 5.75 Å². The molecule has 1 aliphatic rings. The van der Waals surface area contributed by atoms with Gasteiger partial charge < -0.3 is 14.9 Å². The van der Waals surface area contributed by atoms with E-state index in [4.69, 9.17) is 0 Å². The number of imide groups is 1. The minimum atomic E-state index is -0.504. The number of benzene rings is 3. The molecule has 0 aromatic heterocycles. The van der Waals surface area contributed by atoms with Crippen LogP contribution in [0.1, 0.15) is 20.7 Å². The van der Waals surface area contributed by atoms with Crippen molar-refractivity contribution in [1.29, 1.82) is 0 Å². The molecular weight excluding hydrogens is 370 g/mol. The summed E-state index contributed by atoms with van der Waals surface area (Å²) in [6.07, 6.45) is 0.693. The lowest BCUT2D eigenvalue weighted by Crippen LogP contribution is -2.40. The first-order chi connectivity index (χ1) is 13.8. The summed E-state index contributed by atoms with van der Waals surface area (Å²) in [5, 5.41) is 11.2. The van der Waals surface area contributed by atoms with Gasteiger partial charge >= 0.3 is 0 Å². The molecule has 0 fully saturated rings. The Balaban J connectivity index is 1.91. The second kappa shape index (κ2) is 6.63. The molecule has 146 valence electrons. The lowest BCUT2D eigenvalue weighted by Gasteiger charge is -2.29. The molecule has 0 atom stereocenters. The summed E-state index contributed by atoms with van der Waals surface area (Å²) in [5.41, 5.74) is 2.38. The first-order valence-corrected chi connectivity index (χ1v) is 8.97. The molecule has 29 heavy (non-hydrogen) atoms. The van der Waals surface area contributed by atoms with Crippen LogP contribution in [-0.2, 0) is 4.79 Å². The highest BCUT2D eigenvalue weighted by atomic mass is 16.3. The SMILES string of the molecule is CN(C)c1cc(N2C(=O)c3cccc4cc(O)cc(c34)C2=O)ccc1N(C)C=O. The molecule has 3 aromatic carbocycles. The van der Waals surface area contributed by atoms with Gasteiger partial charge in [-0.3, -0.25) is 14.4 Å². The number of anilines is 3. The quantitative estimate of drug-likeness (QED) is 0.548. The zero-order chi connectivity index (χ0) is 20.9. The maximum atomic E-state index is 13.2. The Morgan fingerprint density at radius 2 is 1.62 bits per heavy atom. The Bertz CT molecular complexity index is 1190. The Hall–Kier alpha value is -3.87. The van der Waals surface area contributed by atoms with Crippen LogP contribution < -0.4 is 14.7 Å². The summed E-state index contributed by atoms with van der Waals surface area (Å²) < 4.78 is 0. The van der Waals surface area contributed by atoms with Crippen molar-refractivity contribution < 1.29 is 19.5 Å². The van der Waals surface area contributed by atoms with Crippen molar-refractivity contribution in [2.24, 2.45) is 0 Å². The number of amides is 3. The topological polar surface area (TPSA) is 81.2 Å². The highest BCUT2D eigenvalue weighted by Crippen LogP contribution is 2.38. The van der Waals surface area contributed by atoms with E-state index in [1.165, 1.54) is 17.0 Å². The van der Waals surface area contributed by atoms with Crippen LogP contribution >= 0.6 is 0 Å². The average Bonchev–Trinajstić information content (AvgIpc) is 2.70. The molecule has 0 saturated carbocycles. The fourth-order valence-corrected chi connectivity index (χ4v) is 3.69. The molecule has 0 aliphatic carbocycles. The number of aromatic hydroxyl groups is 1. The minimum absolute atomic E-state index is 0.0377. The predicted molar refractivity (Wildman–Crippen MR) is 112 cm³/mol. The van der Waals surface area contributed by atoms with Gasteiger partial charge in [-0.1, -0.05) is 12.1 Å². The fraction of sp³-hybridized carbons (Fsp3) is 0.136. The van der Waals surface area contributed by atoms with E-state index in [0.717, 1.165) is 4.90 Å². The van der Waals surface area contributed by atoms with Crippen molar-refractivity contribution in [2.45, 2.75) is 0 Å². The summed E-state index contributed by atoms with van der Waals surface area (Å²) >= 11 is 0. The van der Waals surface area contributed by atoms with Gasteiger partial charge in [0.1, 0.15) is 5.75 Å². The van der Waals surface area contributed by atoms with Crippen LogP contribution in [0, 0.1) is 0 Å². The molecule has 0 unspecified atom stereocenters. The van der Waals surface area contributed by atoms with E-state index >= 15 is 0 Å².